The van der Waals surface area contributed by atoms with Crippen LogP contribution in [0.2, 0.25) is 0 Å². The molecule has 0 saturated heterocycles. The zero-order chi connectivity index (χ0) is 13.7. The van der Waals surface area contributed by atoms with Crippen LogP contribution in [-0.4, -0.2) is 12.5 Å². The number of carbonyl (C=O) groups is 1. The molecular weight excluding hydrogens is 250 g/mol. The molecule has 0 aliphatic rings. The third-order valence-electron chi connectivity index (χ3n) is 2.41. The summed E-state index contributed by atoms with van der Waals surface area (Å²) < 4.78 is 25.6. The maximum absolute atomic E-state index is 12.9. The van der Waals surface area contributed by atoms with E-state index in [9.17, 15) is 13.6 Å². The summed E-state index contributed by atoms with van der Waals surface area (Å²) in [4.78, 5) is 11.6. The van der Waals surface area contributed by atoms with Gasteiger partial charge in [-0.15, -0.1) is 0 Å². The lowest BCUT2D eigenvalue weighted by atomic mass is 10.3. The zero-order valence-corrected chi connectivity index (χ0v) is 9.99. The van der Waals surface area contributed by atoms with Crippen LogP contribution in [0.25, 0.3) is 0 Å². The molecule has 0 radical (unpaired) electrons. The SMILES string of the molecule is O=C(CNc1cccc(F)c1)Nc1ccc(F)cc1. The molecule has 2 aromatic rings. The normalized spacial score (nSPS) is 10.0. The Hall–Kier alpha value is -2.43. The van der Waals surface area contributed by atoms with Crippen molar-refractivity contribution < 1.29 is 13.6 Å². The molecule has 2 N–H and O–H groups in total. The quantitative estimate of drug-likeness (QED) is 0.889. The first-order valence-corrected chi connectivity index (χ1v) is 5.68. The smallest absolute Gasteiger partial charge is 0.243 e. The Morgan fingerprint density at radius 2 is 1.68 bits per heavy atom. The Morgan fingerprint density at radius 3 is 2.37 bits per heavy atom. The molecule has 0 aliphatic carbocycles. The molecule has 2 aromatic carbocycles. The second kappa shape index (κ2) is 5.95. The van der Waals surface area contributed by atoms with E-state index in [-0.39, 0.29) is 24.1 Å². The molecule has 0 fully saturated rings. The van der Waals surface area contributed by atoms with Gasteiger partial charge < -0.3 is 10.6 Å². The second-order valence-corrected chi connectivity index (χ2v) is 3.92. The summed E-state index contributed by atoms with van der Waals surface area (Å²) >= 11 is 0. The minimum absolute atomic E-state index is 0.000823. The number of nitrogens with one attached hydrogen (secondary N) is 2. The molecule has 19 heavy (non-hydrogen) atoms. The van der Waals surface area contributed by atoms with Crippen molar-refractivity contribution in [3.63, 3.8) is 0 Å². The van der Waals surface area contributed by atoms with Gasteiger partial charge in [-0.05, 0) is 42.5 Å². The van der Waals surface area contributed by atoms with Gasteiger partial charge in [0.1, 0.15) is 11.6 Å². The summed E-state index contributed by atoms with van der Waals surface area (Å²) in [6, 6.07) is 11.3. The first-order valence-electron chi connectivity index (χ1n) is 5.68. The van der Waals surface area contributed by atoms with Crippen LogP contribution >= 0.6 is 0 Å². The van der Waals surface area contributed by atoms with E-state index in [2.05, 4.69) is 10.6 Å². The largest absolute Gasteiger partial charge is 0.376 e. The predicted octanol–water partition coefficient (Wildman–Crippen LogP) is 3.02. The van der Waals surface area contributed by atoms with Gasteiger partial charge in [-0.1, -0.05) is 6.07 Å². The third-order valence-corrected chi connectivity index (χ3v) is 2.41. The topological polar surface area (TPSA) is 41.1 Å². The van der Waals surface area contributed by atoms with Crippen molar-refractivity contribution in [2.45, 2.75) is 0 Å². The van der Waals surface area contributed by atoms with Crippen LogP contribution < -0.4 is 10.6 Å². The van der Waals surface area contributed by atoms with Crippen molar-refractivity contribution in [3.8, 4) is 0 Å². The minimum Gasteiger partial charge on any atom is -0.376 e. The lowest BCUT2D eigenvalue weighted by molar-refractivity contribution is -0.114. The highest BCUT2D eigenvalue weighted by atomic mass is 19.1. The van der Waals surface area contributed by atoms with Gasteiger partial charge in [-0.3, -0.25) is 4.79 Å². The molecule has 3 nitrogen and oxygen atoms in total. The Kier molecular flexibility index (Phi) is 4.07. The minimum atomic E-state index is -0.371. The standard InChI is InChI=1S/C14H12F2N2O/c15-10-4-6-12(7-5-10)18-14(19)9-17-13-3-1-2-11(16)8-13/h1-8,17H,9H2,(H,18,19). The Labute approximate surface area is 109 Å². The van der Waals surface area contributed by atoms with Crippen molar-refractivity contribution >= 4 is 17.3 Å². The predicted molar refractivity (Wildman–Crippen MR) is 69.9 cm³/mol. The molecular formula is C14H12F2N2O. The van der Waals surface area contributed by atoms with Gasteiger partial charge in [0.15, 0.2) is 0 Å². The molecule has 0 saturated carbocycles. The monoisotopic (exact) mass is 262 g/mol. The van der Waals surface area contributed by atoms with Crippen LogP contribution in [0.1, 0.15) is 0 Å². The van der Waals surface area contributed by atoms with Gasteiger partial charge in [-0.2, -0.15) is 0 Å². The van der Waals surface area contributed by atoms with E-state index in [4.69, 9.17) is 0 Å². The number of anilines is 2. The molecule has 98 valence electrons. The Balaban J connectivity index is 1.86. The molecule has 0 unspecified atom stereocenters. The lowest BCUT2D eigenvalue weighted by Crippen LogP contribution is -2.21. The fourth-order valence-corrected chi connectivity index (χ4v) is 1.52. The summed E-state index contributed by atoms with van der Waals surface area (Å²) in [5, 5.41) is 5.38. The van der Waals surface area contributed by atoms with E-state index in [1.165, 1.54) is 36.4 Å². The van der Waals surface area contributed by atoms with Crippen molar-refractivity contribution in [1.82, 2.24) is 0 Å². The summed E-state index contributed by atoms with van der Waals surface area (Å²) in [7, 11) is 0. The van der Waals surface area contributed by atoms with E-state index in [0.717, 1.165) is 0 Å². The molecule has 5 heteroatoms. The molecule has 0 aromatic heterocycles. The number of rotatable bonds is 4. The average Bonchev–Trinajstić information content (AvgIpc) is 2.39. The zero-order valence-electron chi connectivity index (χ0n) is 9.99. The Bertz CT molecular complexity index is 570. The first-order chi connectivity index (χ1) is 9.13. The van der Waals surface area contributed by atoms with Gasteiger partial charge in [0.2, 0.25) is 5.91 Å². The van der Waals surface area contributed by atoms with E-state index in [1.807, 2.05) is 0 Å². The first kappa shape index (κ1) is 13.0. The van der Waals surface area contributed by atoms with Crippen molar-refractivity contribution in [1.29, 1.82) is 0 Å². The van der Waals surface area contributed by atoms with E-state index >= 15 is 0 Å². The number of hydrogen-bond donors (Lipinski definition) is 2. The summed E-state index contributed by atoms with van der Waals surface area (Å²) in [5.74, 6) is -1.03. The lowest BCUT2D eigenvalue weighted by Gasteiger charge is -2.07. The van der Waals surface area contributed by atoms with Gasteiger partial charge in [0.05, 0.1) is 6.54 Å². The average molecular weight is 262 g/mol. The Morgan fingerprint density at radius 1 is 0.947 bits per heavy atom. The van der Waals surface area contributed by atoms with Gasteiger partial charge in [0.25, 0.3) is 0 Å². The number of amides is 1. The fourth-order valence-electron chi connectivity index (χ4n) is 1.52. The number of hydrogen-bond acceptors (Lipinski definition) is 2. The molecule has 0 atom stereocenters. The number of halogens is 2. The van der Waals surface area contributed by atoms with E-state index < -0.39 is 0 Å². The molecule has 0 heterocycles. The number of carbonyl (C=O) groups excluding carboxylic acids is 1. The summed E-state index contributed by atoms with van der Waals surface area (Å²) in [5.41, 5.74) is 1.03. The van der Waals surface area contributed by atoms with Gasteiger partial charge >= 0.3 is 0 Å². The van der Waals surface area contributed by atoms with Crippen LogP contribution in [0.15, 0.2) is 48.5 Å². The molecule has 1 amide bonds. The summed E-state index contributed by atoms with van der Waals surface area (Å²) in [6.45, 7) is 0.000823. The van der Waals surface area contributed by atoms with Gasteiger partial charge in [0, 0.05) is 11.4 Å². The van der Waals surface area contributed by atoms with E-state index in [0.29, 0.717) is 11.4 Å². The molecule has 2 rings (SSSR count). The third kappa shape index (κ3) is 4.06. The molecule has 0 spiro atoms. The van der Waals surface area contributed by atoms with E-state index in [1.54, 1.807) is 12.1 Å². The second-order valence-electron chi connectivity index (χ2n) is 3.92. The van der Waals surface area contributed by atoms with Crippen LogP contribution in [0, 0.1) is 11.6 Å². The maximum Gasteiger partial charge on any atom is 0.243 e. The van der Waals surface area contributed by atoms with Crippen molar-refractivity contribution in [2.24, 2.45) is 0 Å². The van der Waals surface area contributed by atoms with Crippen LogP contribution in [0.3, 0.4) is 0 Å². The van der Waals surface area contributed by atoms with Gasteiger partial charge in [-0.25, -0.2) is 8.78 Å². The highest BCUT2D eigenvalue weighted by Crippen LogP contribution is 2.10. The highest BCUT2D eigenvalue weighted by Gasteiger charge is 2.02. The highest BCUT2D eigenvalue weighted by molar-refractivity contribution is 5.93. The maximum atomic E-state index is 12.9. The van der Waals surface area contributed by atoms with Crippen molar-refractivity contribution in [2.75, 3.05) is 17.2 Å². The summed E-state index contributed by atoms with van der Waals surface area (Å²) in [6.07, 6.45) is 0. The van der Waals surface area contributed by atoms with Crippen LogP contribution in [-0.2, 0) is 4.79 Å². The molecule has 0 aliphatic heterocycles. The van der Waals surface area contributed by atoms with Crippen molar-refractivity contribution in [3.05, 3.63) is 60.2 Å². The van der Waals surface area contributed by atoms with Crippen LogP contribution in [0.4, 0.5) is 20.2 Å². The number of benzene rings is 2. The van der Waals surface area contributed by atoms with Crippen LogP contribution in [0.5, 0.6) is 0 Å². The molecule has 0 bridgehead atoms. The fraction of sp³-hybridized carbons (Fsp3) is 0.0714.